The lowest BCUT2D eigenvalue weighted by Crippen LogP contribution is -2.37. The van der Waals surface area contributed by atoms with Crippen molar-refractivity contribution in [2.45, 2.75) is 44.1 Å². The van der Waals surface area contributed by atoms with E-state index < -0.39 is 35.6 Å². The third-order valence-electron chi connectivity index (χ3n) is 4.83. The topological polar surface area (TPSA) is 134 Å². The molecule has 28 heavy (non-hydrogen) atoms. The monoisotopic (exact) mass is 389 g/mol. The van der Waals surface area contributed by atoms with Gasteiger partial charge in [0, 0.05) is 23.9 Å². The summed E-state index contributed by atoms with van der Waals surface area (Å²) >= 11 is 0. The van der Waals surface area contributed by atoms with Crippen molar-refractivity contribution in [3.8, 4) is 0 Å². The lowest BCUT2D eigenvalue weighted by Gasteiger charge is -2.19. The molecule has 0 saturated carbocycles. The highest BCUT2D eigenvalue weighted by Gasteiger charge is 2.35. The third-order valence-corrected chi connectivity index (χ3v) is 4.83. The number of aliphatic hydroxyl groups excluding tert-OH is 2. The summed E-state index contributed by atoms with van der Waals surface area (Å²) in [6.45, 7) is 1.38. The molecule has 2 aromatic rings. The van der Waals surface area contributed by atoms with E-state index in [2.05, 4.69) is 10.3 Å². The molecule has 1 aliphatic rings. The zero-order valence-electron chi connectivity index (χ0n) is 15.4. The third kappa shape index (κ3) is 4.06. The first kappa shape index (κ1) is 20.0. The summed E-state index contributed by atoms with van der Waals surface area (Å²) in [7, 11) is 0. The Morgan fingerprint density at radius 1 is 1.36 bits per heavy atom. The van der Waals surface area contributed by atoms with E-state index in [0.29, 0.717) is 12.1 Å². The minimum absolute atomic E-state index is 0.0869. The molecule has 4 atom stereocenters. The lowest BCUT2D eigenvalue weighted by atomic mass is 9.98. The molecular weight excluding hydrogens is 366 g/mol. The van der Waals surface area contributed by atoms with Crippen molar-refractivity contribution in [1.29, 1.82) is 0 Å². The number of ether oxygens (including phenoxy) is 1. The molecule has 0 radical (unpaired) electrons. The van der Waals surface area contributed by atoms with Gasteiger partial charge in [0.1, 0.15) is 12.3 Å². The Morgan fingerprint density at radius 3 is 2.68 bits per heavy atom. The molecule has 3 rings (SSSR count). The standard InChI is InChI=1S/C19H23N3O6/c1-2-12(17(25)20-11-6-4-3-5-7-11)13-9-22(19(27)21-18(13)26)16-8-14(24)15(10-23)28-16/h3-7,9,12,14-16,23-24H,2,8,10H2,1H3,(H,20,25)(H,21,26,27)/t12?,14-,15+,16+/m0/s1. The van der Waals surface area contributed by atoms with Crippen LogP contribution >= 0.6 is 0 Å². The second kappa shape index (κ2) is 8.51. The van der Waals surface area contributed by atoms with Crippen molar-refractivity contribution in [2.24, 2.45) is 0 Å². The number of anilines is 1. The largest absolute Gasteiger partial charge is 0.394 e. The number of nitrogens with one attached hydrogen (secondary N) is 2. The SMILES string of the molecule is CCC(C(=O)Nc1ccccc1)c1cn([C@H]2C[C@H](O)[C@@H](CO)O2)c(=O)[nH]c1=O. The number of aromatic nitrogens is 2. The van der Waals surface area contributed by atoms with Crippen LogP contribution in [0.3, 0.4) is 0 Å². The van der Waals surface area contributed by atoms with Crippen LogP contribution in [0.4, 0.5) is 5.69 Å². The van der Waals surface area contributed by atoms with E-state index in [1.54, 1.807) is 31.2 Å². The molecule has 150 valence electrons. The highest BCUT2D eigenvalue weighted by atomic mass is 16.5. The number of H-pyrrole nitrogens is 1. The number of aromatic amines is 1. The molecule has 1 fully saturated rings. The summed E-state index contributed by atoms with van der Waals surface area (Å²) in [5, 5.41) is 21.9. The van der Waals surface area contributed by atoms with Crippen molar-refractivity contribution in [2.75, 3.05) is 11.9 Å². The number of hydrogen-bond donors (Lipinski definition) is 4. The van der Waals surface area contributed by atoms with E-state index in [1.165, 1.54) is 6.20 Å². The van der Waals surface area contributed by atoms with Crippen LogP contribution in [0.1, 0.15) is 37.5 Å². The van der Waals surface area contributed by atoms with Crippen LogP contribution in [-0.4, -0.2) is 44.5 Å². The fraction of sp³-hybridized carbons (Fsp3) is 0.421. The number of amides is 1. The number of rotatable bonds is 6. The highest BCUT2D eigenvalue weighted by molar-refractivity contribution is 5.95. The summed E-state index contributed by atoms with van der Waals surface area (Å²) in [6, 6.07) is 8.86. The molecular formula is C19H23N3O6. The van der Waals surface area contributed by atoms with Gasteiger partial charge in [-0.3, -0.25) is 19.1 Å². The average Bonchev–Trinajstić information content (AvgIpc) is 3.05. The minimum atomic E-state index is -0.930. The molecule has 0 spiro atoms. The summed E-state index contributed by atoms with van der Waals surface area (Å²) in [6.07, 6.45) is -0.852. The fourth-order valence-corrected chi connectivity index (χ4v) is 3.31. The van der Waals surface area contributed by atoms with Gasteiger partial charge in [-0.1, -0.05) is 25.1 Å². The van der Waals surface area contributed by atoms with E-state index in [1.807, 2.05) is 6.07 Å². The lowest BCUT2D eigenvalue weighted by molar-refractivity contribution is -0.117. The van der Waals surface area contributed by atoms with Gasteiger partial charge in [-0.15, -0.1) is 0 Å². The number of hydrogen-bond acceptors (Lipinski definition) is 6. The van der Waals surface area contributed by atoms with Gasteiger partial charge >= 0.3 is 5.69 Å². The molecule has 9 heteroatoms. The smallest absolute Gasteiger partial charge is 0.330 e. The fourth-order valence-electron chi connectivity index (χ4n) is 3.31. The average molecular weight is 389 g/mol. The predicted molar refractivity (Wildman–Crippen MR) is 101 cm³/mol. The molecule has 1 unspecified atom stereocenters. The Hall–Kier alpha value is -2.75. The summed E-state index contributed by atoms with van der Waals surface area (Å²) in [5.74, 6) is -1.15. The van der Waals surface area contributed by atoms with Crippen LogP contribution in [0.5, 0.6) is 0 Å². The van der Waals surface area contributed by atoms with Gasteiger partial charge in [0.15, 0.2) is 0 Å². The van der Waals surface area contributed by atoms with Gasteiger partial charge in [-0.05, 0) is 18.6 Å². The Balaban J connectivity index is 1.91. The first-order valence-corrected chi connectivity index (χ1v) is 9.10. The summed E-state index contributed by atoms with van der Waals surface area (Å²) < 4.78 is 6.64. The number of benzene rings is 1. The van der Waals surface area contributed by atoms with Crippen molar-refractivity contribution >= 4 is 11.6 Å². The molecule has 1 amide bonds. The minimum Gasteiger partial charge on any atom is -0.394 e. The van der Waals surface area contributed by atoms with Crippen LogP contribution in [0, 0.1) is 0 Å². The van der Waals surface area contributed by atoms with E-state index in [0.717, 1.165) is 4.57 Å². The molecule has 2 heterocycles. The van der Waals surface area contributed by atoms with E-state index in [4.69, 9.17) is 4.74 Å². The van der Waals surface area contributed by atoms with Crippen LogP contribution < -0.4 is 16.6 Å². The number of aliphatic hydroxyl groups is 2. The van der Waals surface area contributed by atoms with Crippen LogP contribution in [0.25, 0.3) is 0 Å². The molecule has 0 aliphatic carbocycles. The molecule has 1 aromatic heterocycles. The number of nitrogens with zero attached hydrogens (tertiary/aromatic N) is 1. The van der Waals surface area contributed by atoms with Crippen molar-refractivity contribution in [3.63, 3.8) is 0 Å². The Bertz CT molecular complexity index is 939. The Labute approximate surface area is 160 Å². The molecule has 0 bridgehead atoms. The molecule has 1 saturated heterocycles. The predicted octanol–water partition coefficient (Wildman–Crippen LogP) is 0.310. The van der Waals surface area contributed by atoms with Crippen molar-refractivity contribution < 1.29 is 19.7 Å². The van der Waals surface area contributed by atoms with Crippen LogP contribution in [0.2, 0.25) is 0 Å². The van der Waals surface area contributed by atoms with E-state index in [-0.39, 0.29) is 24.5 Å². The molecule has 1 aliphatic heterocycles. The van der Waals surface area contributed by atoms with Crippen molar-refractivity contribution in [1.82, 2.24) is 9.55 Å². The molecule has 4 N–H and O–H groups in total. The highest BCUT2D eigenvalue weighted by Crippen LogP contribution is 2.28. The maximum atomic E-state index is 12.7. The zero-order valence-corrected chi connectivity index (χ0v) is 15.4. The van der Waals surface area contributed by atoms with Gasteiger partial charge in [0.05, 0.1) is 18.6 Å². The first-order valence-electron chi connectivity index (χ1n) is 9.10. The van der Waals surface area contributed by atoms with Gasteiger partial charge in [0.25, 0.3) is 5.56 Å². The molecule has 9 nitrogen and oxygen atoms in total. The number of carbonyl (C=O) groups is 1. The first-order chi connectivity index (χ1) is 13.4. The maximum absolute atomic E-state index is 12.7. The second-order valence-corrected chi connectivity index (χ2v) is 6.68. The van der Waals surface area contributed by atoms with Crippen molar-refractivity contribution in [3.05, 3.63) is 62.9 Å². The zero-order chi connectivity index (χ0) is 20.3. The van der Waals surface area contributed by atoms with Crippen LogP contribution in [-0.2, 0) is 9.53 Å². The summed E-state index contributed by atoms with van der Waals surface area (Å²) in [4.78, 5) is 39.5. The van der Waals surface area contributed by atoms with Gasteiger partial charge in [-0.25, -0.2) is 4.79 Å². The van der Waals surface area contributed by atoms with Gasteiger partial charge < -0.3 is 20.3 Å². The normalized spacial score (nSPS) is 22.8. The molecule has 1 aromatic carbocycles. The number of carbonyl (C=O) groups excluding carboxylic acids is 1. The van der Waals surface area contributed by atoms with Gasteiger partial charge in [-0.2, -0.15) is 0 Å². The van der Waals surface area contributed by atoms with E-state index in [9.17, 15) is 24.6 Å². The Kier molecular flexibility index (Phi) is 6.08. The second-order valence-electron chi connectivity index (χ2n) is 6.68. The van der Waals surface area contributed by atoms with E-state index >= 15 is 0 Å². The summed E-state index contributed by atoms with van der Waals surface area (Å²) in [5.41, 5.74) is -0.624. The maximum Gasteiger partial charge on any atom is 0.330 e. The van der Waals surface area contributed by atoms with Gasteiger partial charge in [0.2, 0.25) is 5.91 Å². The van der Waals surface area contributed by atoms with Crippen LogP contribution in [0.15, 0.2) is 46.1 Å². The quantitative estimate of drug-likeness (QED) is 0.562. The number of para-hydroxylation sites is 1. The Morgan fingerprint density at radius 2 is 2.07 bits per heavy atom.